The number of thiophene rings is 1. The second-order valence-electron chi connectivity index (χ2n) is 4.13. The summed E-state index contributed by atoms with van der Waals surface area (Å²) in [5, 5.41) is 5.38. The first kappa shape index (κ1) is 11.8. The van der Waals surface area contributed by atoms with Gasteiger partial charge in [-0.15, -0.1) is 22.7 Å². The van der Waals surface area contributed by atoms with E-state index in [1.807, 2.05) is 0 Å². The zero-order valence-corrected chi connectivity index (χ0v) is 11.1. The van der Waals surface area contributed by atoms with E-state index in [2.05, 4.69) is 36.7 Å². The maximum absolute atomic E-state index is 5.80. The highest BCUT2D eigenvalue weighted by Crippen LogP contribution is 2.31. The first-order valence-corrected chi connectivity index (χ1v) is 7.17. The summed E-state index contributed by atoms with van der Waals surface area (Å²) in [5.74, 6) is 0.936. The van der Waals surface area contributed by atoms with Crippen LogP contribution >= 0.6 is 22.7 Å². The molecule has 4 heteroatoms. The van der Waals surface area contributed by atoms with E-state index in [9.17, 15) is 0 Å². The molecule has 2 aromatic heterocycles. The summed E-state index contributed by atoms with van der Waals surface area (Å²) < 4.78 is 0. The fraction of sp³-hybridized carbons (Fsp3) is 0.417. The zero-order chi connectivity index (χ0) is 11.5. The van der Waals surface area contributed by atoms with Crippen LogP contribution in [0.1, 0.15) is 24.8 Å². The van der Waals surface area contributed by atoms with Crippen LogP contribution in [0.25, 0.3) is 10.6 Å². The average molecular weight is 252 g/mol. The second kappa shape index (κ2) is 5.08. The van der Waals surface area contributed by atoms with Crippen molar-refractivity contribution in [3.63, 3.8) is 0 Å². The molecule has 2 rings (SSSR count). The van der Waals surface area contributed by atoms with Crippen molar-refractivity contribution in [1.82, 2.24) is 4.98 Å². The van der Waals surface area contributed by atoms with Gasteiger partial charge in [0, 0.05) is 17.8 Å². The van der Waals surface area contributed by atoms with Gasteiger partial charge in [-0.05, 0) is 17.4 Å². The van der Waals surface area contributed by atoms with E-state index in [1.54, 1.807) is 22.7 Å². The third kappa shape index (κ3) is 2.34. The smallest absolute Gasteiger partial charge is 0.0979 e. The van der Waals surface area contributed by atoms with Gasteiger partial charge < -0.3 is 5.73 Å². The highest BCUT2D eigenvalue weighted by molar-refractivity contribution is 7.14. The number of rotatable bonds is 4. The van der Waals surface area contributed by atoms with Crippen molar-refractivity contribution in [2.24, 2.45) is 11.7 Å². The number of nitrogens with zero attached hydrogens (tertiary/aromatic N) is 1. The first-order chi connectivity index (χ1) is 7.72. The monoisotopic (exact) mass is 252 g/mol. The molecule has 2 heterocycles. The second-order valence-corrected chi connectivity index (χ2v) is 5.97. The van der Waals surface area contributed by atoms with E-state index < -0.39 is 0 Å². The van der Waals surface area contributed by atoms with Gasteiger partial charge in [-0.25, -0.2) is 4.98 Å². The topological polar surface area (TPSA) is 38.9 Å². The summed E-state index contributed by atoms with van der Waals surface area (Å²) in [6, 6.07) is 4.16. The van der Waals surface area contributed by atoms with Gasteiger partial charge in [0.1, 0.15) is 0 Å². The number of hydrogen-bond acceptors (Lipinski definition) is 4. The first-order valence-electron chi connectivity index (χ1n) is 5.41. The maximum atomic E-state index is 5.80. The van der Waals surface area contributed by atoms with Gasteiger partial charge in [0.05, 0.1) is 15.6 Å². The third-order valence-corrected chi connectivity index (χ3v) is 4.54. The summed E-state index contributed by atoms with van der Waals surface area (Å²) >= 11 is 3.45. The minimum atomic E-state index is 0.388. The Balaban J connectivity index is 2.25. The minimum absolute atomic E-state index is 0.388. The van der Waals surface area contributed by atoms with Gasteiger partial charge in [-0.1, -0.05) is 19.9 Å². The normalized spacial score (nSPS) is 13.2. The molecule has 2 N–H and O–H groups in total. The van der Waals surface area contributed by atoms with Crippen LogP contribution in [0.2, 0.25) is 0 Å². The number of aromatic nitrogens is 1. The highest BCUT2D eigenvalue weighted by Gasteiger charge is 2.18. The van der Waals surface area contributed by atoms with Crippen molar-refractivity contribution >= 4 is 22.7 Å². The molecule has 0 aliphatic carbocycles. The maximum Gasteiger partial charge on any atom is 0.0979 e. The Kier molecular flexibility index (Phi) is 3.74. The Hall–Kier alpha value is -0.710. The van der Waals surface area contributed by atoms with Gasteiger partial charge in [0.2, 0.25) is 0 Å². The highest BCUT2D eigenvalue weighted by atomic mass is 32.1. The molecule has 0 aromatic carbocycles. The Labute approximate surface area is 104 Å². The molecule has 0 fully saturated rings. The number of hydrogen-bond donors (Lipinski definition) is 1. The van der Waals surface area contributed by atoms with Crippen molar-refractivity contribution in [1.29, 1.82) is 0 Å². The summed E-state index contributed by atoms with van der Waals surface area (Å²) in [4.78, 5) is 5.93. The van der Waals surface area contributed by atoms with Crippen molar-refractivity contribution in [2.45, 2.75) is 19.8 Å². The molecule has 2 nitrogen and oxygen atoms in total. The van der Waals surface area contributed by atoms with E-state index in [4.69, 9.17) is 10.7 Å². The molecule has 0 radical (unpaired) electrons. The predicted molar refractivity (Wildman–Crippen MR) is 72.1 cm³/mol. The lowest BCUT2D eigenvalue weighted by molar-refractivity contribution is 0.504. The van der Waals surface area contributed by atoms with Crippen LogP contribution < -0.4 is 5.73 Å². The average Bonchev–Trinajstić information content (AvgIpc) is 2.86. The molecule has 0 saturated carbocycles. The van der Waals surface area contributed by atoms with Gasteiger partial charge in [-0.3, -0.25) is 0 Å². The molecule has 2 aromatic rings. The van der Waals surface area contributed by atoms with Gasteiger partial charge in [0.25, 0.3) is 0 Å². The fourth-order valence-electron chi connectivity index (χ4n) is 1.65. The lowest BCUT2D eigenvalue weighted by Crippen LogP contribution is -2.17. The van der Waals surface area contributed by atoms with Crippen molar-refractivity contribution in [2.75, 3.05) is 6.54 Å². The lowest BCUT2D eigenvalue weighted by Gasteiger charge is -2.15. The molecule has 0 amide bonds. The molecule has 0 spiro atoms. The van der Waals surface area contributed by atoms with Crippen LogP contribution in [0.3, 0.4) is 0 Å². The molecular weight excluding hydrogens is 236 g/mol. The van der Waals surface area contributed by atoms with E-state index in [-0.39, 0.29) is 0 Å². The Morgan fingerprint density at radius 2 is 2.19 bits per heavy atom. The fourth-order valence-corrected chi connectivity index (χ4v) is 3.52. The van der Waals surface area contributed by atoms with Crippen molar-refractivity contribution in [3.8, 4) is 10.6 Å². The minimum Gasteiger partial charge on any atom is -0.330 e. The van der Waals surface area contributed by atoms with Crippen LogP contribution in [0.15, 0.2) is 22.9 Å². The zero-order valence-electron chi connectivity index (χ0n) is 9.51. The molecule has 0 saturated heterocycles. The molecule has 0 aliphatic heterocycles. The molecule has 16 heavy (non-hydrogen) atoms. The van der Waals surface area contributed by atoms with Crippen LogP contribution in [0.4, 0.5) is 0 Å². The summed E-state index contributed by atoms with van der Waals surface area (Å²) in [6.07, 6.45) is 0. The summed E-state index contributed by atoms with van der Waals surface area (Å²) in [6.45, 7) is 5.07. The Morgan fingerprint density at radius 3 is 2.75 bits per heavy atom. The van der Waals surface area contributed by atoms with E-state index in [0.717, 1.165) is 5.69 Å². The molecule has 86 valence electrons. The van der Waals surface area contributed by atoms with Crippen LogP contribution in [0.5, 0.6) is 0 Å². The van der Waals surface area contributed by atoms with E-state index in [0.29, 0.717) is 18.4 Å². The molecule has 0 aliphatic rings. The molecule has 1 atom stereocenters. The Morgan fingerprint density at radius 1 is 1.38 bits per heavy atom. The predicted octanol–water partition coefficient (Wildman–Crippen LogP) is 3.57. The van der Waals surface area contributed by atoms with Crippen LogP contribution in [-0.2, 0) is 0 Å². The SMILES string of the molecule is CC(C)C(CN)c1nc(-c2cccs2)cs1. The van der Waals surface area contributed by atoms with Crippen molar-refractivity contribution in [3.05, 3.63) is 27.9 Å². The van der Waals surface area contributed by atoms with E-state index >= 15 is 0 Å². The largest absolute Gasteiger partial charge is 0.330 e. The van der Waals surface area contributed by atoms with Gasteiger partial charge >= 0.3 is 0 Å². The summed E-state index contributed by atoms with van der Waals surface area (Å²) in [5.41, 5.74) is 6.89. The molecular formula is C12H16N2S2. The van der Waals surface area contributed by atoms with E-state index in [1.165, 1.54) is 9.88 Å². The number of nitrogens with two attached hydrogens (primary N) is 1. The van der Waals surface area contributed by atoms with Gasteiger partial charge in [-0.2, -0.15) is 0 Å². The molecule has 1 unspecified atom stereocenters. The summed E-state index contributed by atoms with van der Waals surface area (Å²) in [7, 11) is 0. The lowest BCUT2D eigenvalue weighted by atomic mass is 9.97. The standard InChI is InChI=1S/C12H16N2S2/c1-8(2)9(6-13)12-14-10(7-16-12)11-4-3-5-15-11/h3-5,7-9H,6,13H2,1-2H3. The Bertz CT molecular complexity index is 432. The third-order valence-electron chi connectivity index (χ3n) is 2.67. The quantitative estimate of drug-likeness (QED) is 0.903. The van der Waals surface area contributed by atoms with Crippen molar-refractivity contribution < 1.29 is 0 Å². The van der Waals surface area contributed by atoms with Crippen LogP contribution in [0, 0.1) is 5.92 Å². The van der Waals surface area contributed by atoms with Gasteiger partial charge in [0.15, 0.2) is 0 Å². The van der Waals surface area contributed by atoms with Crippen LogP contribution in [-0.4, -0.2) is 11.5 Å². The number of thiazole rings is 1. The molecule has 0 bridgehead atoms.